The number of carboxylic acid groups (broad SMARTS) is 1. The van der Waals surface area contributed by atoms with Crippen molar-refractivity contribution < 1.29 is 19.6 Å². The Morgan fingerprint density at radius 1 is 1.27 bits per heavy atom. The summed E-state index contributed by atoms with van der Waals surface area (Å²) in [7, 11) is 0. The monoisotopic (exact) mass is 306 g/mol. The lowest BCUT2D eigenvalue weighted by molar-refractivity contribution is -0.385. The second-order valence-corrected chi connectivity index (χ2v) is 5.57. The standard InChI is InChI=1S/C15H18N2O5/c1-9-12(3-2-4-13(9)17(21)22)14(18)16-11-7-5-10(6-8-11)15(19)20/h2-4,10-11H,5-8H2,1H3,(H,16,18)(H,19,20). The third-order valence-corrected chi connectivity index (χ3v) is 4.16. The minimum Gasteiger partial charge on any atom is -0.481 e. The number of carbonyl (C=O) groups is 2. The first kappa shape index (κ1) is 15.9. The summed E-state index contributed by atoms with van der Waals surface area (Å²) in [6, 6.07) is 4.33. The van der Waals surface area contributed by atoms with Crippen LogP contribution in [0.15, 0.2) is 18.2 Å². The highest BCUT2D eigenvalue weighted by Crippen LogP contribution is 2.25. The first-order chi connectivity index (χ1) is 10.4. The van der Waals surface area contributed by atoms with Crippen molar-refractivity contribution in [3.63, 3.8) is 0 Å². The second-order valence-electron chi connectivity index (χ2n) is 5.57. The molecule has 22 heavy (non-hydrogen) atoms. The molecule has 0 atom stereocenters. The quantitative estimate of drug-likeness (QED) is 0.655. The van der Waals surface area contributed by atoms with E-state index in [4.69, 9.17) is 5.11 Å². The van der Waals surface area contributed by atoms with Gasteiger partial charge in [0, 0.05) is 23.2 Å². The largest absolute Gasteiger partial charge is 0.481 e. The zero-order valence-corrected chi connectivity index (χ0v) is 12.2. The number of nitro benzene ring substituents is 1. The molecule has 0 unspecified atom stereocenters. The molecule has 7 nitrogen and oxygen atoms in total. The first-order valence-corrected chi connectivity index (χ1v) is 7.17. The first-order valence-electron chi connectivity index (χ1n) is 7.17. The topological polar surface area (TPSA) is 110 Å². The predicted octanol–water partition coefficient (Wildman–Crippen LogP) is 2.28. The van der Waals surface area contributed by atoms with Gasteiger partial charge in [0.25, 0.3) is 11.6 Å². The van der Waals surface area contributed by atoms with Crippen molar-refractivity contribution >= 4 is 17.6 Å². The number of nitrogens with zero attached hydrogens (tertiary/aromatic N) is 1. The summed E-state index contributed by atoms with van der Waals surface area (Å²) in [4.78, 5) is 33.6. The summed E-state index contributed by atoms with van der Waals surface area (Å²) < 4.78 is 0. The molecule has 118 valence electrons. The number of carboxylic acids is 1. The van der Waals surface area contributed by atoms with Crippen molar-refractivity contribution in [3.8, 4) is 0 Å². The highest BCUT2D eigenvalue weighted by molar-refractivity contribution is 5.96. The van der Waals surface area contributed by atoms with Crippen LogP contribution in [0.3, 0.4) is 0 Å². The molecule has 1 aliphatic carbocycles. The molecule has 1 aliphatic rings. The van der Waals surface area contributed by atoms with Crippen LogP contribution in [0.5, 0.6) is 0 Å². The number of benzene rings is 1. The van der Waals surface area contributed by atoms with E-state index in [9.17, 15) is 19.7 Å². The van der Waals surface area contributed by atoms with Gasteiger partial charge in [-0.3, -0.25) is 19.7 Å². The summed E-state index contributed by atoms with van der Waals surface area (Å²) in [6.45, 7) is 1.55. The van der Waals surface area contributed by atoms with Crippen molar-refractivity contribution in [1.82, 2.24) is 5.32 Å². The van der Waals surface area contributed by atoms with E-state index in [0.717, 1.165) is 0 Å². The SMILES string of the molecule is Cc1c(C(=O)NC2CCC(C(=O)O)CC2)cccc1[N+](=O)[O-]. The van der Waals surface area contributed by atoms with Crippen molar-refractivity contribution in [1.29, 1.82) is 0 Å². The van der Waals surface area contributed by atoms with E-state index in [2.05, 4.69) is 5.32 Å². The molecule has 0 radical (unpaired) electrons. The van der Waals surface area contributed by atoms with Gasteiger partial charge in [0.15, 0.2) is 0 Å². The molecule has 0 saturated heterocycles. The van der Waals surface area contributed by atoms with Crippen LogP contribution in [-0.4, -0.2) is 27.9 Å². The molecular formula is C15H18N2O5. The molecular weight excluding hydrogens is 288 g/mol. The van der Waals surface area contributed by atoms with Gasteiger partial charge in [0.1, 0.15) is 0 Å². The van der Waals surface area contributed by atoms with Gasteiger partial charge >= 0.3 is 5.97 Å². The molecule has 1 aromatic rings. The molecule has 0 spiro atoms. The molecule has 2 N–H and O–H groups in total. The number of nitrogens with one attached hydrogen (secondary N) is 1. The van der Waals surface area contributed by atoms with Crippen molar-refractivity contribution in [3.05, 3.63) is 39.4 Å². The number of hydrogen-bond donors (Lipinski definition) is 2. The number of hydrogen-bond acceptors (Lipinski definition) is 4. The fraction of sp³-hybridized carbons (Fsp3) is 0.467. The zero-order chi connectivity index (χ0) is 16.3. The van der Waals surface area contributed by atoms with Gasteiger partial charge in [0.2, 0.25) is 0 Å². The molecule has 1 amide bonds. The van der Waals surface area contributed by atoms with E-state index in [0.29, 0.717) is 31.2 Å². The lowest BCUT2D eigenvalue weighted by atomic mass is 9.86. The van der Waals surface area contributed by atoms with Gasteiger partial charge in [-0.05, 0) is 38.7 Å². The summed E-state index contributed by atoms with van der Waals surface area (Å²) >= 11 is 0. The van der Waals surface area contributed by atoms with Gasteiger partial charge in [-0.1, -0.05) is 6.07 Å². The summed E-state index contributed by atoms with van der Waals surface area (Å²) in [5.41, 5.74) is 0.543. The molecule has 1 aromatic carbocycles. The molecule has 7 heteroatoms. The lowest BCUT2D eigenvalue weighted by Gasteiger charge is -2.27. The van der Waals surface area contributed by atoms with Crippen LogP contribution in [-0.2, 0) is 4.79 Å². The fourth-order valence-corrected chi connectivity index (χ4v) is 2.82. The highest BCUT2D eigenvalue weighted by Gasteiger charge is 2.27. The minimum atomic E-state index is -0.792. The van der Waals surface area contributed by atoms with E-state index < -0.39 is 10.9 Å². The van der Waals surface area contributed by atoms with Crippen LogP contribution in [0.4, 0.5) is 5.69 Å². The minimum absolute atomic E-state index is 0.0813. The lowest BCUT2D eigenvalue weighted by Crippen LogP contribution is -2.39. The molecule has 0 aliphatic heterocycles. The summed E-state index contributed by atoms with van der Waals surface area (Å²) in [6.07, 6.45) is 2.29. The Morgan fingerprint density at radius 2 is 1.91 bits per heavy atom. The Bertz CT molecular complexity index is 606. The maximum atomic E-state index is 12.3. The maximum absolute atomic E-state index is 12.3. The Labute approximate surface area is 127 Å². The van der Waals surface area contributed by atoms with E-state index in [1.807, 2.05) is 0 Å². The molecule has 2 rings (SSSR count). The normalized spacial score (nSPS) is 21.1. The van der Waals surface area contributed by atoms with Gasteiger partial charge in [-0.25, -0.2) is 0 Å². The van der Waals surface area contributed by atoms with E-state index in [1.54, 1.807) is 13.0 Å². The fourth-order valence-electron chi connectivity index (χ4n) is 2.82. The smallest absolute Gasteiger partial charge is 0.306 e. The summed E-state index contributed by atoms with van der Waals surface area (Å²) in [5.74, 6) is -1.48. The van der Waals surface area contributed by atoms with Gasteiger partial charge < -0.3 is 10.4 Å². The van der Waals surface area contributed by atoms with Gasteiger partial charge in [-0.15, -0.1) is 0 Å². The Balaban J connectivity index is 2.03. The Hall–Kier alpha value is -2.44. The van der Waals surface area contributed by atoms with E-state index in [1.165, 1.54) is 12.1 Å². The Morgan fingerprint density at radius 3 is 2.45 bits per heavy atom. The number of amides is 1. The van der Waals surface area contributed by atoms with Crippen LogP contribution >= 0.6 is 0 Å². The van der Waals surface area contributed by atoms with E-state index in [-0.39, 0.29) is 29.1 Å². The molecule has 1 fully saturated rings. The van der Waals surface area contributed by atoms with E-state index >= 15 is 0 Å². The van der Waals surface area contributed by atoms with Crippen molar-refractivity contribution in [2.75, 3.05) is 0 Å². The maximum Gasteiger partial charge on any atom is 0.306 e. The van der Waals surface area contributed by atoms with Crippen LogP contribution < -0.4 is 5.32 Å². The number of rotatable bonds is 4. The number of aliphatic carboxylic acids is 1. The third-order valence-electron chi connectivity index (χ3n) is 4.16. The Kier molecular flexibility index (Phi) is 4.75. The predicted molar refractivity (Wildman–Crippen MR) is 78.7 cm³/mol. The van der Waals surface area contributed by atoms with Crippen LogP contribution in [0.1, 0.15) is 41.6 Å². The zero-order valence-electron chi connectivity index (χ0n) is 12.2. The number of nitro groups is 1. The molecule has 0 heterocycles. The van der Waals surface area contributed by atoms with Crippen LogP contribution in [0.2, 0.25) is 0 Å². The molecule has 0 aromatic heterocycles. The number of carbonyl (C=O) groups excluding carboxylic acids is 1. The van der Waals surface area contributed by atoms with Crippen LogP contribution in [0.25, 0.3) is 0 Å². The molecule has 1 saturated carbocycles. The van der Waals surface area contributed by atoms with Gasteiger partial charge in [-0.2, -0.15) is 0 Å². The second kappa shape index (κ2) is 6.55. The van der Waals surface area contributed by atoms with Crippen LogP contribution in [0, 0.1) is 23.0 Å². The van der Waals surface area contributed by atoms with Crippen molar-refractivity contribution in [2.24, 2.45) is 5.92 Å². The third kappa shape index (κ3) is 3.41. The average molecular weight is 306 g/mol. The highest BCUT2D eigenvalue weighted by atomic mass is 16.6. The van der Waals surface area contributed by atoms with Gasteiger partial charge in [0.05, 0.1) is 10.8 Å². The average Bonchev–Trinajstić information content (AvgIpc) is 2.47. The molecule has 0 bridgehead atoms. The van der Waals surface area contributed by atoms with Crippen molar-refractivity contribution in [2.45, 2.75) is 38.6 Å². The summed E-state index contributed by atoms with van der Waals surface area (Å²) in [5, 5.41) is 22.7.